The first-order chi connectivity index (χ1) is 4.68. The molecule has 0 aliphatic heterocycles. The summed E-state index contributed by atoms with van der Waals surface area (Å²) in [4.78, 5) is 10.2. The molecule has 2 nitrogen and oxygen atoms in total. The molecule has 0 aliphatic carbocycles. The summed E-state index contributed by atoms with van der Waals surface area (Å²) >= 11 is 7.50. The normalized spacial score (nSPS) is 9.40. The summed E-state index contributed by atoms with van der Waals surface area (Å²) in [5.41, 5.74) is 0. The van der Waals surface area contributed by atoms with E-state index in [4.69, 9.17) is 0 Å². The molecule has 1 heterocycles. The number of amides is 1. The van der Waals surface area contributed by atoms with Crippen molar-refractivity contribution < 1.29 is 4.79 Å². The largest absolute Gasteiger partial charge is 0.308 e. The zero-order valence-corrected chi connectivity index (χ0v) is 8.72. The Morgan fingerprint density at radius 1 is 1.70 bits per heavy atom. The van der Waals surface area contributed by atoms with E-state index < -0.39 is 0 Å². The Hall–Kier alpha value is 0.130. The van der Waals surface area contributed by atoms with Crippen molar-refractivity contribution in [1.82, 2.24) is 0 Å². The van der Waals surface area contributed by atoms with Crippen LogP contribution < -0.4 is 5.32 Å². The zero-order chi connectivity index (χ0) is 7.56. The van der Waals surface area contributed by atoms with E-state index in [1.165, 1.54) is 11.3 Å². The van der Waals surface area contributed by atoms with Gasteiger partial charge in [-0.2, -0.15) is 0 Å². The minimum Gasteiger partial charge on any atom is -0.308 e. The van der Waals surface area contributed by atoms with Gasteiger partial charge < -0.3 is 5.32 Å². The second-order valence-corrected chi connectivity index (χ2v) is 4.08. The molecule has 1 amide bonds. The highest BCUT2D eigenvalue weighted by molar-refractivity contribution is 9.18. The number of carbonyl (C=O) groups excluding carboxylic acids is 1. The minimum atomic E-state index is -0.221. The van der Waals surface area contributed by atoms with Gasteiger partial charge in [0.25, 0.3) is 4.82 Å². The molecule has 0 saturated carbocycles. The standard InChI is InChI=1S/C5H3Br2NOS/c6-3-1-4(10-2-3)8-5(7)9/h1-2H,(H,8,9). The van der Waals surface area contributed by atoms with Crippen molar-refractivity contribution in [2.45, 2.75) is 0 Å². The molecule has 0 spiro atoms. The van der Waals surface area contributed by atoms with Crippen molar-refractivity contribution in [3.8, 4) is 0 Å². The fraction of sp³-hybridized carbons (Fsp3) is 0. The summed E-state index contributed by atoms with van der Waals surface area (Å²) in [7, 11) is 0. The molecule has 5 heteroatoms. The van der Waals surface area contributed by atoms with Crippen LogP contribution in [0.4, 0.5) is 9.80 Å². The number of hydrogen-bond donors (Lipinski definition) is 1. The maximum absolute atomic E-state index is 10.4. The maximum Gasteiger partial charge on any atom is 0.292 e. The van der Waals surface area contributed by atoms with Crippen molar-refractivity contribution in [2.24, 2.45) is 0 Å². The SMILES string of the molecule is O=C(Br)Nc1cc(Br)cs1. The molecular formula is C5H3Br2NOS. The third kappa shape index (κ3) is 2.40. The van der Waals surface area contributed by atoms with Crippen molar-refractivity contribution in [1.29, 1.82) is 0 Å². The number of carbonyl (C=O) groups is 1. The summed E-state index contributed by atoms with van der Waals surface area (Å²) in [6.45, 7) is 0. The smallest absolute Gasteiger partial charge is 0.292 e. The van der Waals surface area contributed by atoms with Gasteiger partial charge in [-0.05, 0) is 22.0 Å². The molecule has 1 aromatic rings. The molecule has 0 aromatic carbocycles. The first kappa shape index (κ1) is 8.23. The van der Waals surface area contributed by atoms with Gasteiger partial charge in [0.05, 0.1) is 5.00 Å². The molecule has 1 rings (SSSR count). The molecule has 10 heavy (non-hydrogen) atoms. The highest BCUT2D eigenvalue weighted by atomic mass is 79.9. The third-order valence-corrected chi connectivity index (χ3v) is 2.59. The number of nitrogens with one attached hydrogen (secondary N) is 1. The van der Waals surface area contributed by atoms with Gasteiger partial charge in [-0.3, -0.25) is 4.79 Å². The minimum absolute atomic E-state index is 0.221. The van der Waals surface area contributed by atoms with Crippen LogP contribution in [0.25, 0.3) is 0 Å². The van der Waals surface area contributed by atoms with Crippen molar-refractivity contribution >= 4 is 53.0 Å². The molecule has 0 atom stereocenters. The Morgan fingerprint density at radius 3 is 2.80 bits per heavy atom. The lowest BCUT2D eigenvalue weighted by Gasteiger charge is -1.91. The third-order valence-electron chi connectivity index (χ3n) is 0.789. The molecule has 0 unspecified atom stereocenters. The van der Waals surface area contributed by atoms with Gasteiger partial charge in [-0.15, -0.1) is 11.3 Å². The monoisotopic (exact) mass is 283 g/mol. The fourth-order valence-corrected chi connectivity index (χ4v) is 2.14. The average molecular weight is 285 g/mol. The van der Waals surface area contributed by atoms with Gasteiger partial charge in [-0.1, -0.05) is 0 Å². The molecule has 1 N–H and O–H groups in total. The maximum atomic E-state index is 10.4. The van der Waals surface area contributed by atoms with Crippen molar-refractivity contribution in [3.63, 3.8) is 0 Å². The summed E-state index contributed by atoms with van der Waals surface area (Å²) in [5, 5.41) is 5.32. The van der Waals surface area contributed by atoms with Gasteiger partial charge in [0.2, 0.25) is 0 Å². The second-order valence-electron chi connectivity index (χ2n) is 1.53. The summed E-state index contributed by atoms with van der Waals surface area (Å²) < 4.78 is 0.980. The van der Waals surface area contributed by atoms with E-state index in [2.05, 4.69) is 37.2 Å². The van der Waals surface area contributed by atoms with Crippen LogP contribution in [0.3, 0.4) is 0 Å². The predicted molar refractivity (Wildman–Crippen MR) is 50.0 cm³/mol. The van der Waals surface area contributed by atoms with Gasteiger partial charge in [-0.25, -0.2) is 0 Å². The first-order valence-corrected chi connectivity index (χ1v) is 4.85. The van der Waals surface area contributed by atoms with E-state index in [0.29, 0.717) is 0 Å². The zero-order valence-electron chi connectivity index (χ0n) is 4.73. The molecule has 0 radical (unpaired) electrons. The summed E-state index contributed by atoms with van der Waals surface area (Å²) in [6.07, 6.45) is 0. The average Bonchev–Trinajstić information content (AvgIpc) is 2.13. The highest BCUT2D eigenvalue weighted by Crippen LogP contribution is 2.24. The Labute approximate surface area is 78.9 Å². The van der Waals surface area contributed by atoms with Gasteiger partial charge in [0, 0.05) is 25.8 Å². The predicted octanol–water partition coefficient (Wildman–Crippen LogP) is 3.44. The van der Waals surface area contributed by atoms with Crippen LogP contribution >= 0.6 is 43.2 Å². The van der Waals surface area contributed by atoms with E-state index >= 15 is 0 Å². The van der Waals surface area contributed by atoms with Crippen LogP contribution in [-0.4, -0.2) is 4.82 Å². The quantitative estimate of drug-likeness (QED) is 0.621. The lowest BCUT2D eigenvalue weighted by Crippen LogP contribution is -1.96. The molecular weight excluding hydrogens is 282 g/mol. The van der Waals surface area contributed by atoms with Crippen LogP contribution in [0.1, 0.15) is 0 Å². The molecule has 1 aromatic heterocycles. The Kier molecular flexibility index (Phi) is 2.88. The van der Waals surface area contributed by atoms with Crippen LogP contribution in [0.5, 0.6) is 0 Å². The highest BCUT2D eigenvalue weighted by Gasteiger charge is 1.98. The van der Waals surface area contributed by atoms with Crippen LogP contribution in [-0.2, 0) is 0 Å². The van der Waals surface area contributed by atoms with Crippen LogP contribution in [0.15, 0.2) is 15.9 Å². The van der Waals surface area contributed by atoms with Gasteiger partial charge in [0.1, 0.15) is 0 Å². The number of thiophene rings is 1. The lowest BCUT2D eigenvalue weighted by molar-refractivity contribution is 0.270. The van der Waals surface area contributed by atoms with E-state index in [-0.39, 0.29) is 4.82 Å². The Morgan fingerprint density at radius 2 is 2.40 bits per heavy atom. The van der Waals surface area contributed by atoms with Crippen LogP contribution in [0.2, 0.25) is 0 Å². The number of halogens is 2. The van der Waals surface area contributed by atoms with Crippen molar-refractivity contribution in [3.05, 3.63) is 15.9 Å². The van der Waals surface area contributed by atoms with Gasteiger partial charge >= 0.3 is 0 Å². The number of anilines is 1. The Balaban J connectivity index is 2.67. The van der Waals surface area contributed by atoms with E-state index in [1.54, 1.807) is 0 Å². The van der Waals surface area contributed by atoms with E-state index in [9.17, 15) is 4.79 Å². The fourth-order valence-electron chi connectivity index (χ4n) is 0.475. The van der Waals surface area contributed by atoms with Gasteiger partial charge in [0.15, 0.2) is 0 Å². The number of rotatable bonds is 1. The van der Waals surface area contributed by atoms with E-state index in [0.717, 1.165) is 9.47 Å². The molecule has 0 bridgehead atoms. The van der Waals surface area contributed by atoms with E-state index in [1.807, 2.05) is 11.4 Å². The number of hydrogen-bond acceptors (Lipinski definition) is 2. The van der Waals surface area contributed by atoms with Crippen LogP contribution in [0, 0.1) is 0 Å². The topological polar surface area (TPSA) is 29.1 Å². The summed E-state index contributed by atoms with van der Waals surface area (Å²) in [6, 6.07) is 1.84. The molecule has 0 saturated heterocycles. The second kappa shape index (κ2) is 3.50. The lowest BCUT2D eigenvalue weighted by atomic mass is 10.6. The molecule has 54 valence electrons. The molecule has 0 fully saturated rings. The first-order valence-electron chi connectivity index (χ1n) is 2.39. The Bertz CT molecular complexity index is 248. The van der Waals surface area contributed by atoms with Crippen molar-refractivity contribution in [2.75, 3.05) is 5.32 Å². The molecule has 0 aliphatic rings. The summed E-state index contributed by atoms with van der Waals surface area (Å²) in [5.74, 6) is 0.